The highest BCUT2D eigenvalue weighted by atomic mass is 32.1. The number of carbonyl (C=O) groups is 1. The maximum Gasteiger partial charge on any atom is 0.305 e. The number of nitrogens with one attached hydrogen (secondary N) is 2. The smallest absolute Gasteiger partial charge is 0.305 e. The van der Waals surface area contributed by atoms with Gasteiger partial charge >= 0.3 is 5.97 Å². The number of aromatic nitrogens is 1. The number of allylic oxidation sites excluding steroid dienone is 1. The summed E-state index contributed by atoms with van der Waals surface area (Å²) in [5.74, 6) is -0.192. The Kier molecular flexibility index (Phi) is 5.03. The van der Waals surface area contributed by atoms with Crippen molar-refractivity contribution >= 4 is 28.1 Å². The molecule has 0 fully saturated rings. The van der Waals surface area contributed by atoms with Crippen LogP contribution in [0.1, 0.15) is 37.3 Å². The molecule has 5 N–H and O–H groups in total. The van der Waals surface area contributed by atoms with Crippen LogP contribution in [0.3, 0.4) is 0 Å². The summed E-state index contributed by atoms with van der Waals surface area (Å²) < 4.78 is 4.91. The summed E-state index contributed by atoms with van der Waals surface area (Å²) >= 11 is 1.40. The molecular weight excluding hydrogens is 292 g/mol. The van der Waals surface area contributed by atoms with Crippen LogP contribution in [0.4, 0.5) is 5.13 Å². The first-order valence-corrected chi connectivity index (χ1v) is 7.66. The number of aliphatic hydroxyl groups excluding tert-OH is 1. The van der Waals surface area contributed by atoms with E-state index in [1.165, 1.54) is 11.3 Å². The molecule has 1 aromatic heterocycles. The molecule has 2 rings (SSSR count). The maximum atomic E-state index is 11.4. The van der Waals surface area contributed by atoms with E-state index in [4.69, 9.17) is 10.5 Å². The zero-order chi connectivity index (χ0) is 15.4. The fourth-order valence-corrected chi connectivity index (χ4v) is 3.05. The van der Waals surface area contributed by atoms with Crippen LogP contribution >= 0.6 is 11.3 Å². The second-order valence-electron chi connectivity index (χ2n) is 4.67. The minimum Gasteiger partial charge on any atom is -0.466 e. The number of nitrogen functional groups attached to an aromatic ring is 1. The molecule has 21 heavy (non-hydrogen) atoms. The summed E-state index contributed by atoms with van der Waals surface area (Å²) in [7, 11) is 0. The first-order chi connectivity index (χ1) is 10.0. The lowest BCUT2D eigenvalue weighted by Crippen LogP contribution is -2.31. The first-order valence-electron chi connectivity index (χ1n) is 6.84. The van der Waals surface area contributed by atoms with Gasteiger partial charge in [-0.15, -0.1) is 11.3 Å². The van der Waals surface area contributed by atoms with Crippen molar-refractivity contribution in [1.29, 1.82) is 0 Å². The minimum atomic E-state index is -0.810. The number of anilines is 1. The van der Waals surface area contributed by atoms with Crippen molar-refractivity contribution in [2.24, 2.45) is 0 Å². The summed E-state index contributed by atoms with van der Waals surface area (Å²) in [6.07, 6.45) is 0.931. The van der Waals surface area contributed by atoms with E-state index in [2.05, 4.69) is 15.6 Å². The fraction of sp³-hybridized carbons (Fsp3) is 0.538. The van der Waals surface area contributed by atoms with Crippen molar-refractivity contribution in [3.8, 4) is 0 Å². The number of carbonyl (C=O) groups excluding carboxylic acids is 1. The molecule has 8 heteroatoms. The quantitative estimate of drug-likeness (QED) is 0.574. The van der Waals surface area contributed by atoms with E-state index < -0.39 is 6.35 Å². The number of aliphatic hydroxyl groups is 1. The van der Waals surface area contributed by atoms with Gasteiger partial charge in [0.15, 0.2) is 5.13 Å². The molecule has 7 nitrogen and oxygen atoms in total. The predicted molar refractivity (Wildman–Crippen MR) is 81.0 cm³/mol. The number of nitrogens with zero attached hydrogens (tertiary/aromatic N) is 1. The summed E-state index contributed by atoms with van der Waals surface area (Å²) in [5, 5.41) is 15.8. The van der Waals surface area contributed by atoms with E-state index >= 15 is 0 Å². The van der Waals surface area contributed by atoms with Gasteiger partial charge in [0.05, 0.1) is 12.3 Å². The SMILES string of the molecule is CCOC(=O)CCCc1sc(N)nc1C1=C(C)N[C@@H](O)N1. The van der Waals surface area contributed by atoms with E-state index in [0.29, 0.717) is 31.0 Å². The van der Waals surface area contributed by atoms with Gasteiger partial charge in [0.25, 0.3) is 0 Å². The number of ether oxygens (including phenoxy) is 1. The van der Waals surface area contributed by atoms with Crippen molar-refractivity contribution in [3.63, 3.8) is 0 Å². The lowest BCUT2D eigenvalue weighted by atomic mass is 10.1. The molecular formula is C13H20N4O3S. The first kappa shape index (κ1) is 15.6. The Balaban J connectivity index is 2.04. The second kappa shape index (κ2) is 6.77. The topological polar surface area (TPSA) is 110 Å². The molecule has 2 heterocycles. The Bertz CT molecular complexity index is 556. The van der Waals surface area contributed by atoms with Gasteiger partial charge in [-0.05, 0) is 26.7 Å². The van der Waals surface area contributed by atoms with Crippen molar-refractivity contribution in [1.82, 2.24) is 15.6 Å². The molecule has 0 amide bonds. The van der Waals surface area contributed by atoms with Gasteiger partial charge < -0.3 is 26.2 Å². The Morgan fingerprint density at radius 3 is 2.90 bits per heavy atom. The van der Waals surface area contributed by atoms with Crippen LogP contribution in [0.15, 0.2) is 5.70 Å². The Labute approximate surface area is 127 Å². The Morgan fingerprint density at radius 1 is 1.52 bits per heavy atom. The maximum absolute atomic E-state index is 11.4. The van der Waals surface area contributed by atoms with Crippen LogP contribution in [0, 0.1) is 0 Å². The highest BCUT2D eigenvalue weighted by Gasteiger charge is 2.23. The standard InChI is InChI=1S/C13H20N4O3S/c1-3-20-9(18)6-4-5-8-11(16-12(14)21-8)10-7(2)15-13(19)17-10/h13,15,17,19H,3-6H2,1-2H3,(H2,14,16)/t13-/m1/s1. The molecule has 0 unspecified atom stereocenters. The number of esters is 1. The van der Waals surface area contributed by atoms with Crippen molar-refractivity contribution in [2.45, 2.75) is 39.5 Å². The van der Waals surface area contributed by atoms with E-state index in [-0.39, 0.29) is 5.97 Å². The van der Waals surface area contributed by atoms with Gasteiger partial charge in [0.2, 0.25) is 6.35 Å². The third kappa shape index (κ3) is 3.85. The van der Waals surface area contributed by atoms with Gasteiger partial charge in [-0.3, -0.25) is 4.79 Å². The highest BCUT2D eigenvalue weighted by Crippen LogP contribution is 2.29. The van der Waals surface area contributed by atoms with Crippen LogP contribution in [-0.2, 0) is 16.0 Å². The third-order valence-electron chi connectivity index (χ3n) is 3.05. The number of aryl methyl sites for hydroxylation is 1. The summed E-state index contributed by atoms with van der Waals surface area (Å²) in [6, 6.07) is 0. The van der Waals surface area contributed by atoms with Gasteiger partial charge in [-0.25, -0.2) is 4.98 Å². The molecule has 1 aromatic rings. The number of rotatable bonds is 6. The third-order valence-corrected chi connectivity index (χ3v) is 3.99. The van der Waals surface area contributed by atoms with Crippen LogP contribution in [0.5, 0.6) is 0 Å². The van der Waals surface area contributed by atoms with Crippen molar-refractivity contribution < 1.29 is 14.6 Å². The van der Waals surface area contributed by atoms with Crippen LogP contribution in [0.2, 0.25) is 0 Å². The second-order valence-corrected chi connectivity index (χ2v) is 5.79. The summed E-state index contributed by atoms with van der Waals surface area (Å²) in [6.45, 7) is 4.05. The summed E-state index contributed by atoms with van der Waals surface area (Å²) in [4.78, 5) is 16.7. The molecule has 0 saturated heterocycles. The number of hydrogen-bond acceptors (Lipinski definition) is 8. The predicted octanol–water partition coefficient (Wildman–Crippen LogP) is 0.768. The highest BCUT2D eigenvalue weighted by molar-refractivity contribution is 7.15. The van der Waals surface area contributed by atoms with E-state index in [9.17, 15) is 9.90 Å². The fourth-order valence-electron chi connectivity index (χ4n) is 2.17. The van der Waals surface area contributed by atoms with Gasteiger partial charge in [-0.2, -0.15) is 0 Å². The van der Waals surface area contributed by atoms with E-state index in [0.717, 1.165) is 22.0 Å². The van der Waals surface area contributed by atoms with Gasteiger partial charge in [-0.1, -0.05) is 0 Å². The van der Waals surface area contributed by atoms with Gasteiger partial charge in [0, 0.05) is 17.0 Å². The Hall–Kier alpha value is -1.80. The largest absolute Gasteiger partial charge is 0.466 e. The average molecular weight is 312 g/mol. The van der Waals surface area contributed by atoms with Gasteiger partial charge in [0.1, 0.15) is 5.69 Å². The minimum absolute atomic E-state index is 0.192. The summed E-state index contributed by atoms with van der Waals surface area (Å²) in [5.41, 5.74) is 8.10. The molecule has 0 spiro atoms. The Morgan fingerprint density at radius 2 is 2.29 bits per heavy atom. The average Bonchev–Trinajstić information content (AvgIpc) is 2.92. The van der Waals surface area contributed by atoms with Crippen LogP contribution < -0.4 is 16.4 Å². The molecule has 1 aliphatic heterocycles. The molecule has 116 valence electrons. The van der Waals surface area contributed by atoms with Crippen LogP contribution in [0.25, 0.3) is 5.70 Å². The lowest BCUT2D eigenvalue weighted by Gasteiger charge is -2.06. The molecule has 0 aromatic carbocycles. The molecule has 0 radical (unpaired) electrons. The van der Waals surface area contributed by atoms with Crippen molar-refractivity contribution in [3.05, 3.63) is 16.3 Å². The zero-order valence-corrected chi connectivity index (χ0v) is 12.9. The number of hydrogen-bond donors (Lipinski definition) is 4. The molecule has 1 atom stereocenters. The number of nitrogens with two attached hydrogens (primary N) is 1. The number of thiazole rings is 1. The molecule has 0 aliphatic carbocycles. The molecule has 1 aliphatic rings. The van der Waals surface area contributed by atoms with E-state index in [1.54, 1.807) is 6.92 Å². The monoisotopic (exact) mass is 312 g/mol. The normalized spacial score (nSPS) is 17.6. The molecule has 0 bridgehead atoms. The molecule has 0 saturated carbocycles. The van der Waals surface area contributed by atoms with E-state index in [1.807, 2.05) is 6.92 Å². The zero-order valence-electron chi connectivity index (χ0n) is 12.1. The van der Waals surface area contributed by atoms with Crippen LogP contribution in [-0.4, -0.2) is 29.0 Å². The van der Waals surface area contributed by atoms with Crippen molar-refractivity contribution in [2.75, 3.05) is 12.3 Å². The lowest BCUT2D eigenvalue weighted by molar-refractivity contribution is -0.143.